The quantitative estimate of drug-likeness (QED) is 0.904. The molecule has 3 rings (SSSR count). The van der Waals surface area contributed by atoms with Crippen LogP contribution in [0.25, 0.3) is 5.69 Å². The van der Waals surface area contributed by atoms with Crippen LogP contribution in [0.2, 0.25) is 5.02 Å². The molecule has 108 valence electrons. The van der Waals surface area contributed by atoms with E-state index >= 15 is 0 Å². The van der Waals surface area contributed by atoms with Crippen LogP contribution in [0.15, 0.2) is 36.7 Å². The molecule has 0 bridgehead atoms. The molecule has 7 heteroatoms. The maximum atomic E-state index is 12.2. The van der Waals surface area contributed by atoms with E-state index in [1.165, 1.54) is 0 Å². The van der Waals surface area contributed by atoms with Gasteiger partial charge in [-0.2, -0.15) is 5.10 Å². The molecular formula is C14H13ClN4O2. The number of para-hydroxylation sites is 1. The minimum atomic E-state index is -0.359. The van der Waals surface area contributed by atoms with E-state index in [-0.39, 0.29) is 24.2 Å². The highest BCUT2D eigenvalue weighted by Crippen LogP contribution is 2.28. The molecule has 2 amide bonds. The van der Waals surface area contributed by atoms with Crippen LogP contribution in [-0.4, -0.2) is 28.1 Å². The Hall–Kier alpha value is -2.34. The van der Waals surface area contributed by atoms with Crippen molar-refractivity contribution in [3.63, 3.8) is 0 Å². The molecule has 1 saturated heterocycles. The lowest BCUT2D eigenvalue weighted by Crippen LogP contribution is -2.25. The number of nitrogens with zero attached hydrogens (tertiary/aromatic N) is 2. The Bertz CT molecular complexity index is 684. The van der Waals surface area contributed by atoms with E-state index < -0.39 is 0 Å². The number of aromatic nitrogens is 2. The number of nitrogens with one attached hydrogen (secondary N) is 2. The molecule has 2 heterocycles. The second kappa shape index (κ2) is 5.57. The average molecular weight is 305 g/mol. The maximum absolute atomic E-state index is 12.2. The summed E-state index contributed by atoms with van der Waals surface area (Å²) in [6.07, 6.45) is 3.59. The molecule has 0 spiro atoms. The smallest absolute Gasteiger partial charge is 0.229 e. The Kier molecular flexibility index (Phi) is 3.62. The van der Waals surface area contributed by atoms with E-state index in [1.54, 1.807) is 41.3 Å². The van der Waals surface area contributed by atoms with Crippen molar-refractivity contribution in [1.82, 2.24) is 15.1 Å². The van der Waals surface area contributed by atoms with E-state index in [9.17, 15) is 9.59 Å². The minimum absolute atomic E-state index is 0.103. The molecule has 1 aliphatic rings. The van der Waals surface area contributed by atoms with Crippen LogP contribution in [0.3, 0.4) is 0 Å². The van der Waals surface area contributed by atoms with Crippen LogP contribution in [0.5, 0.6) is 0 Å². The fourth-order valence-electron chi connectivity index (χ4n) is 2.28. The molecule has 1 aliphatic heterocycles. The van der Waals surface area contributed by atoms with Crippen molar-refractivity contribution in [2.24, 2.45) is 5.92 Å². The summed E-state index contributed by atoms with van der Waals surface area (Å²) >= 11 is 6.21. The lowest BCUT2D eigenvalue weighted by Gasteiger charge is -2.14. The fraction of sp³-hybridized carbons (Fsp3) is 0.214. The van der Waals surface area contributed by atoms with Gasteiger partial charge < -0.3 is 10.6 Å². The van der Waals surface area contributed by atoms with Gasteiger partial charge in [0.15, 0.2) is 0 Å². The summed E-state index contributed by atoms with van der Waals surface area (Å²) in [6.45, 7) is 0.363. The van der Waals surface area contributed by atoms with Crippen molar-refractivity contribution < 1.29 is 9.59 Å². The molecule has 2 N–H and O–H groups in total. The van der Waals surface area contributed by atoms with Gasteiger partial charge in [-0.05, 0) is 18.2 Å². The zero-order valence-corrected chi connectivity index (χ0v) is 11.8. The number of hydrogen-bond acceptors (Lipinski definition) is 3. The van der Waals surface area contributed by atoms with Gasteiger partial charge in [-0.25, -0.2) is 4.68 Å². The van der Waals surface area contributed by atoms with Crippen LogP contribution in [0, 0.1) is 5.92 Å². The van der Waals surface area contributed by atoms with Gasteiger partial charge in [0.2, 0.25) is 11.8 Å². The molecule has 1 fully saturated rings. The first-order valence-electron chi connectivity index (χ1n) is 6.51. The van der Waals surface area contributed by atoms with Gasteiger partial charge in [-0.3, -0.25) is 9.59 Å². The minimum Gasteiger partial charge on any atom is -0.355 e. The van der Waals surface area contributed by atoms with Crippen LogP contribution in [-0.2, 0) is 9.59 Å². The van der Waals surface area contributed by atoms with Crippen LogP contribution in [0.4, 0.5) is 5.69 Å². The molecule has 0 saturated carbocycles. The summed E-state index contributed by atoms with van der Waals surface area (Å²) in [4.78, 5) is 23.4. The monoisotopic (exact) mass is 304 g/mol. The highest BCUT2D eigenvalue weighted by atomic mass is 35.5. The highest BCUT2D eigenvalue weighted by molar-refractivity contribution is 6.33. The lowest BCUT2D eigenvalue weighted by atomic mass is 10.1. The van der Waals surface area contributed by atoms with Crippen molar-refractivity contribution in [1.29, 1.82) is 0 Å². The Labute approximate surface area is 126 Å². The predicted molar refractivity (Wildman–Crippen MR) is 78.3 cm³/mol. The fourth-order valence-corrected chi connectivity index (χ4v) is 2.54. The standard InChI is InChI=1S/C14H13ClN4O2/c15-10-3-1-4-11(13(10)19-6-2-5-17-19)18-14(21)9-7-12(20)16-8-9/h1-6,9H,7-8H2,(H,16,20)(H,18,21). The number of carbonyl (C=O) groups is 2. The van der Waals surface area contributed by atoms with Gasteiger partial charge in [0, 0.05) is 25.4 Å². The zero-order valence-electron chi connectivity index (χ0n) is 11.0. The summed E-state index contributed by atoms with van der Waals surface area (Å²) in [6, 6.07) is 7.01. The first-order chi connectivity index (χ1) is 10.1. The summed E-state index contributed by atoms with van der Waals surface area (Å²) < 4.78 is 1.59. The van der Waals surface area contributed by atoms with E-state index in [1.807, 2.05) is 0 Å². The van der Waals surface area contributed by atoms with E-state index in [4.69, 9.17) is 11.6 Å². The van der Waals surface area contributed by atoms with Crippen molar-refractivity contribution in [2.45, 2.75) is 6.42 Å². The topological polar surface area (TPSA) is 76.0 Å². The van der Waals surface area contributed by atoms with Gasteiger partial charge in [0.05, 0.1) is 16.6 Å². The molecule has 2 aromatic rings. The molecule has 1 aromatic heterocycles. The van der Waals surface area contributed by atoms with Crippen LogP contribution >= 0.6 is 11.6 Å². The van der Waals surface area contributed by atoms with Gasteiger partial charge in [-0.15, -0.1) is 0 Å². The maximum Gasteiger partial charge on any atom is 0.229 e. The Morgan fingerprint density at radius 3 is 2.95 bits per heavy atom. The lowest BCUT2D eigenvalue weighted by molar-refractivity contribution is -0.123. The first kappa shape index (κ1) is 13.6. The number of amides is 2. The number of halogens is 1. The largest absolute Gasteiger partial charge is 0.355 e. The van der Waals surface area contributed by atoms with Gasteiger partial charge in [0.1, 0.15) is 5.69 Å². The first-order valence-corrected chi connectivity index (χ1v) is 6.89. The Balaban J connectivity index is 1.87. The zero-order chi connectivity index (χ0) is 14.8. The predicted octanol–water partition coefficient (Wildman–Crippen LogP) is 1.60. The molecule has 1 aromatic carbocycles. The second-order valence-electron chi connectivity index (χ2n) is 4.78. The summed E-state index contributed by atoms with van der Waals surface area (Å²) in [5, 5.41) is 10.1. The molecule has 21 heavy (non-hydrogen) atoms. The summed E-state index contributed by atoms with van der Waals surface area (Å²) in [7, 11) is 0. The SMILES string of the molecule is O=C1CC(C(=O)Nc2cccc(Cl)c2-n2cccn2)CN1. The number of benzene rings is 1. The number of anilines is 1. The Morgan fingerprint density at radius 2 is 2.29 bits per heavy atom. The molecular weight excluding hydrogens is 292 g/mol. The third-order valence-electron chi connectivity index (χ3n) is 3.33. The third kappa shape index (κ3) is 2.75. The average Bonchev–Trinajstić information content (AvgIpc) is 3.10. The van der Waals surface area contributed by atoms with Crippen molar-refractivity contribution in [2.75, 3.05) is 11.9 Å². The second-order valence-corrected chi connectivity index (χ2v) is 5.19. The van der Waals surface area contributed by atoms with Crippen LogP contribution in [0.1, 0.15) is 6.42 Å². The molecule has 0 aliphatic carbocycles. The van der Waals surface area contributed by atoms with Gasteiger partial charge in [-0.1, -0.05) is 17.7 Å². The van der Waals surface area contributed by atoms with E-state index in [0.29, 0.717) is 22.9 Å². The van der Waals surface area contributed by atoms with Gasteiger partial charge in [0.25, 0.3) is 0 Å². The summed E-state index contributed by atoms with van der Waals surface area (Å²) in [5.41, 5.74) is 1.17. The van der Waals surface area contributed by atoms with Crippen LogP contribution < -0.4 is 10.6 Å². The third-order valence-corrected chi connectivity index (χ3v) is 3.63. The number of rotatable bonds is 3. The molecule has 0 radical (unpaired) electrons. The molecule has 1 atom stereocenters. The molecule has 6 nitrogen and oxygen atoms in total. The van der Waals surface area contributed by atoms with Crippen molar-refractivity contribution >= 4 is 29.1 Å². The number of hydrogen-bond donors (Lipinski definition) is 2. The van der Waals surface area contributed by atoms with Gasteiger partial charge >= 0.3 is 0 Å². The normalized spacial score (nSPS) is 17.6. The van der Waals surface area contributed by atoms with Crippen molar-refractivity contribution in [3.8, 4) is 5.69 Å². The highest BCUT2D eigenvalue weighted by Gasteiger charge is 2.28. The Morgan fingerprint density at radius 1 is 1.43 bits per heavy atom. The summed E-state index contributed by atoms with van der Waals surface area (Å²) in [5.74, 6) is -0.667. The molecule has 1 unspecified atom stereocenters. The van der Waals surface area contributed by atoms with E-state index in [2.05, 4.69) is 15.7 Å². The number of carbonyl (C=O) groups excluding carboxylic acids is 2. The van der Waals surface area contributed by atoms with Crippen molar-refractivity contribution in [3.05, 3.63) is 41.7 Å². The van der Waals surface area contributed by atoms with E-state index in [0.717, 1.165) is 0 Å².